The van der Waals surface area contributed by atoms with Crippen molar-refractivity contribution >= 4 is 22.8 Å². The molecule has 7 heteroatoms. The van der Waals surface area contributed by atoms with Crippen LogP contribution in [0.25, 0.3) is 11.0 Å². The normalized spacial score (nSPS) is 14.2. The van der Waals surface area contributed by atoms with E-state index < -0.39 is 0 Å². The molecular formula is C25H30N4O3. The smallest absolute Gasteiger partial charge is 0.251 e. The Morgan fingerprint density at radius 1 is 1.03 bits per heavy atom. The van der Waals surface area contributed by atoms with Crippen LogP contribution in [0.3, 0.4) is 0 Å². The number of benzene rings is 2. The first-order valence-corrected chi connectivity index (χ1v) is 11.3. The van der Waals surface area contributed by atoms with Gasteiger partial charge in [0, 0.05) is 31.6 Å². The van der Waals surface area contributed by atoms with E-state index in [4.69, 9.17) is 9.72 Å². The van der Waals surface area contributed by atoms with E-state index in [0.29, 0.717) is 24.3 Å². The van der Waals surface area contributed by atoms with Crippen LogP contribution in [0.15, 0.2) is 48.5 Å². The lowest BCUT2D eigenvalue weighted by molar-refractivity contribution is -0.131. The van der Waals surface area contributed by atoms with Crippen molar-refractivity contribution in [1.82, 2.24) is 19.8 Å². The highest BCUT2D eigenvalue weighted by molar-refractivity contribution is 5.94. The van der Waals surface area contributed by atoms with Gasteiger partial charge in [-0.25, -0.2) is 4.98 Å². The van der Waals surface area contributed by atoms with E-state index >= 15 is 0 Å². The first-order valence-electron chi connectivity index (χ1n) is 11.3. The maximum Gasteiger partial charge on any atom is 0.251 e. The fourth-order valence-corrected chi connectivity index (χ4v) is 4.20. The van der Waals surface area contributed by atoms with Crippen molar-refractivity contribution in [2.75, 3.05) is 26.7 Å². The minimum absolute atomic E-state index is 0.136. The topological polar surface area (TPSA) is 76.5 Å². The van der Waals surface area contributed by atoms with Gasteiger partial charge in [0.25, 0.3) is 5.91 Å². The number of ether oxygens (including phenoxy) is 1. The lowest BCUT2D eigenvalue weighted by atomic mass is 10.2. The largest absolute Gasteiger partial charge is 0.497 e. The van der Waals surface area contributed by atoms with Gasteiger partial charge in [0.1, 0.15) is 18.1 Å². The van der Waals surface area contributed by atoms with Crippen LogP contribution in [0.5, 0.6) is 5.75 Å². The second-order valence-electron chi connectivity index (χ2n) is 8.14. The predicted octanol–water partition coefficient (Wildman–Crippen LogP) is 3.42. The molecule has 2 amide bonds. The summed E-state index contributed by atoms with van der Waals surface area (Å²) in [7, 11) is 1.58. The Hall–Kier alpha value is -3.35. The minimum atomic E-state index is -0.160. The molecule has 168 valence electrons. The van der Waals surface area contributed by atoms with Gasteiger partial charge in [-0.15, -0.1) is 0 Å². The molecule has 2 heterocycles. The third kappa shape index (κ3) is 5.10. The summed E-state index contributed by atoms with van der Waals surface area (Å²) in [6, 6.07) is 14.9. The van der Waals surface area contributed by atoms with Crippen LogP contribution in [0.1, 0.15) is 41.9 Å². The number of fused-ring (bicyclic) bond motifs is 1. The number of amides is 2. The zero-order valence-corrected chi connectivity index (χ0v) is 18.5. The lowest BCUT2D eigenvalue weighted by Gasteiger charge is -2.21. The van der Waals surface area contributed by atoms with Crippen LogP contribution < -0.4 is 10.1 Å². The second-order valence-corrected chi connectivity index (χ2v) is 8.14. The molecule has 4 rings (SSSR count). The van der Waals surface area contributed by atoms with Crippen LogP contribution >= 0.6 is 0 Å². The molecule has 0 spiro atoms. The van der Waals surface area contributed by atoms with Crippen molar-refractivity contribution in [1.29, 1.82) is 0 Å². The zero-order valence-electron chi connectivity index (χ0n) is 18.5. The van der Waals surface area contributed by atoms with Crippen molar-refractivity contribution in [3.8, 4) is 5.75 Å². The molecule has 1 aliphatic heterocycles. The number of nitrogens with one attached hydrogen (secondary N) is 1. The first-order chi connectivity index (χ1) is 15.7. The standard InChI is InChI=1S/C25H30N4O3/c1-32-20-10-8-9-19(17-20)25(31)26-14-13-23-27-21-11-4-5-12-22(21)29(23)18-24(30)28-15-6-2-3-7-16-28/h4-5,8-12,17H,2-3,6-7,13-16,18H2,1H3,(H,26,31). The third-order valence-electron chi connectivity index (χ3n) is 5.95. The van der Waals surface area contributed by atoms with Gasteiger partial charge in [-0.3, -0.25) is 9.59 Å². The second kappa shape index (κ2) is 10.3. The summed E-state index contributed by atoms with van der Waals surface area (Å²) in [5.74, 6) is 1.43. The molecule has 0 radical (unpaired) electrons. The number of likely N-dealkylation sites (tertiary alicyclic amines) is 1. The van der Waals surface area contributed by atoms with Gasteiger partial charge in [0.2, 0.25) is 5.91 Å². The van der Waals surface area contributed by atoms with E-state index in [1.165, 1.54) is 12.8 Å². The fourth-order valence-electron chi connectivity index (χ4n) is 4.20. The molecule has 1 N–H and O–H groups in total. The Labute approximate surface area is 188 Å². The van der Waals surface area contributed by atoms with Crippen LogP contribution in [0.2, 0.25) is 0 Å². The van der Waals surface area contributed by atoms with Gasteiger partial charge in [0.15, 0.2) is 0 Å². The number of imidazole rings is 1. The van der Waals surface area contributed by atoms with Crippen molar-refractivity contribution in [2.45, 2.75) is 38.6 Å². The van der Waals surface area contributed by atoms with Crippen molar-refractivity contribution in [3.63, 3.8) is 0 Å². The Balaban J connectivity index is 1.46. The summed E-state index contributed by atoms with van der Waals surface area (Å²) in [6.07, 6.45) is 5.06. The number of hydrogen-bond donors (Lipinski definition) is 1. The number of methoxy groups -OCH3 is 1. The summed E-state index contributed by atoms with van der Waals surface area (Å²) in [6.45, 7) is 2.37. The van der Waals surface area contributed by atoms with Gasteiger partial charge in [-0.05, 0) is 43.2 Å². The number of aromatic nitrogens is 2. The molecule has 7 nitrogen and oxygen atoms in total. The average Bonchev–Trinajstić information content (AvgIpc) is 2.98. The summed E-state index contributed by atoms with van der Waals surface area (Å²) in [4.78, 5) is 32.3. The highest BCUT2D eigenvalue weighted by Crippen LogP contribution is 2.18. The summed E-state index contributed by atoms with van der Waals surface area (Å²) < 4.78 is 7.19. The van der Waals surface area contributed by atoms with E-state index in [2.05, 4.69) is 5.32 Å². The molecule has 0 atom stereocenters. The lowest BCUT2D eigenvalue weighted by Crippen LogP contribution is -2.35. The minimum Gasteiger partial charge on any atom is -0.497 e. The molecule has 1 aromatic heterocycles. The van der Waals surface area contributed by atoms with Crippen LogP contribution in [-0.2, 0) is 17.8 Å². The highest BCUT2D eigenvalue weighted by Gasteiger charge is 2.19. The highest BCUT2D eigenvalue weighted by atomic mass is 16.5. The van der Waals surface area contributed by atoms with E-state index in [1.807, 2.05) is 33.7 Å². The van der Waals surface area contributed by atoms with E-state index in [9.17, 15) is 9.59 Å². The monoisotopic (exact) mass is 434 g/mol. The van der Waals surface area contributed by atoms with Gasteiger partial charge < -0.3 is 19.5 Å². The number of para-hydroxylation sites is 2. The van der Waals surface area contributed by atoms with Crippen LogP contribution in [-0.4, -0.2) is 53.0 Å². The SMILES string of the molecule is COc1cccc(C(=O)NCCc2nc3ccccc3n2CC(=O)N2CCCCCC2)c1. The molecule has 2 aromatic carbocycles. The van der Waals surface area contributed by atoms with Gasteiger partial charge >= 0.3 is 0 Å². The Kier molecular flexibility index (Phi) is 7.04. The number of hydrogen-bond acceptors (Lipinski definition) is 4. The quantitative estimate of drug-likeness (QED) is 0.618. The molecular weight excluding hydrogens is 404 g/mol. The van der Waals surface area contributed by atoms with Gasteiger partial charge in [0.05, 0.1) is 18.1 Å². The maximum atomic E-state index is 13.0. The molecule has 3 aromatic rings. The van der Waals surface area contributed by atoms with Crippen molar-refractivity contribution in [2.24, 2.45) is 0 Å². The number of rotatable bonds is 7. The van der Waals surface area contributed by atoms with Crippen molar-refractivity contribution in [3.05, 3.63) is 59.9 Å². The fraction of sp³-hybridized carbons (Fsp3) is 0.400. The molecule has 0 bridgehead atoms. The molecule has 32 heavy (non-hydrogen) atoms. The van der Waals surface area contributed by atoms with Crippen LogP contribution in [0, 0.1) is 0 Å². The summed E-state index contributed by atoms with van der Waals surface area (Å²) in [5.41, 5.74) is 2.37. The van der Waals surface area contributed by atoms with E-state index in [1.54, 1.807) is 31.4 Å². The molecule has 0 saturated carbocycles. The number of nitrogens with zero attached hydrogens (tertiary/aromatic N) is 3. The Morgan fingerprint density at radius 3 is 2.59 bits per heavy atom. The molecule has 1 saturated heterocycles. The first kappa shape index (κ1) is 21.9. The Bertz CT molecular complexity index is 1080. The third-order valence-corrected chi connectivity index (χ3v) is 5.95. The van der Waals surface area contributed by atoms with E-state index in [0.717, 1.165) is 42.8 Å². The number of carbonyl (C=O) groups excluding carboxylic acids is 2. The Morgan fingerprint density at radius 2 is 1.81 bits per heavy atom. The van der Waals surface area contributed by atoms with Crippen LogP contribution in [0.4, 0.5) is 0 Å². The maximum absolute atomic E-state index is 13.0. The molecule has 1 aliphatic rings. The molecule has 0 aliphatic carbocycles. The summed E-state index contributed by atoms with van der Waals surface area (Å²) >= 11 is 0. The number of carbonyl (C=O) groups is 2. The summed E-state index contributed by atoms with van der Waals surface area (Å²) in [5, 5.41) is 2.95. The zero-order chi connectivity index (χ0) is 22.3. The average molecular weight is 435 g/mol. The van der Waals surface area contributed by atoms with E-state index in [-0.39, 0.29) is 18.4 Å². The van der Waals surface area contributed by atoms with Crippen molar-refractivity contribution < 1.29 is 14.3 Å². The van der Waals surface area contributed by atoms with Gasteiger partial charge in [-0.1, -0.05) is 31.0 Å². The van der Waals surface area contributed by atoms with Gasteiger partial charge in [-0.2, -0.15) is 0 Å². The molecule has 1 fully saturated rings. The predicted molar refractivity (Wildman–Crippen MR) is 124 cm³/mol. The molecule has 0 unspecified atom stereocenters.